The molecule has 31 heavy (non-hydrogen) atoms. The topological polar surface area (TPSA) is 102 Å². The summed E-state index contributed by atoms with van der Waals surface area (Å²) in [7, 11) is 0. The summed E-state index contributed by atoms with van der Waals surface area (Å²) < 4.78 is 8.15. The highest BCUT2D eigenvalue weighted by atomic mass is 16.5. The Hall–Kier alpha value is -3.18. The zero-order chi connectivity index (χ0) is 22.2. The van der Waals surface area contributed by atoms with E-state index in [2.05, 4.69) is 44.0 Å². The number of aliphatic imine (C=N–C) groups is 1. The molecule has 2 N–H and O–H groups in total. The molecule has 0 spiro atoms. The molecule has 0 amide bonds. The van der Waals surface area contributed by atoms with Gasteiger partial charge in [0.2, 0.25) is 0 Å². The summed E-state index contributed by atoms with van der Waals surface area (Å²) in [6, 6.07) is 8.92. The van der Waals surface area contributed by atoms with Crippen LogP contribution in [0.2, 0.25) is 0 Å². The molecule has 1 fully saturated rings. The normalized spacial score (nSPS) is 17.1. The van der Waals surface area contributed by atoms with Crippen LogP contribution in [0.4, 0.5) is 0 Å². The van der Waals surface area contributed by atoms with Gasteiger partial charge in [0.05, 0.1) is 18.2 Å². The zero-order valence-corrected chi connectivity index (χ0v) is 18.5. The number of aromatic nitrogens is 2. The number of hydrogen-bond donors (Lipinski definition) is 2. The molecule has 0 unspecified atom stereocenters. The Morgan fingerprint density at radius 3 is 2.87 bits per heavy atom. The van der Waals surface area contributed by atoms with Crippen molar-refractivity contribution in [1.82, 2.24) is 19.8 Å². The van der Waals surface area contributed by atoms with Crippen LogP contribution in [-0.4, -0.2) is 57.9 Å². The summed E-state index contributed by atoms with van der Waals surface area (Å²) in [6.07, 6.45) is 3.00. The van der Waals surface area contributed by atoms with E-state index < -0.39 is 5.54 Å². The smallest absolute Gasteiger partial charge is 0.155 e. The van der Waals surface area contributed by atoms with Crippen molar-refractivity contribution in [3.8, 4) is 23.2 Å². The Balaban J connectivity index is 1.61. The molecule has 3 heterocycles. The number of likely N-dealkylation sites (tertiary alicyclic amines) is 1. The summed E-state index contributed by atoms with van der Waals surface area (Å²) in [4.78, 5) is 11.2. The summed E-state index contributed by atoms with van der Waals surface area (Å²) in [5.74, 6) is 2.69. The van der Waals surface area contributed by atoms with Crippen molar-refractivity contribution >= 4 is 12.2 Å². The van der Waals surface area contributed by atoms with E-state index in [4.69, 9.17) is 15.1 Å². The molecule has 2 aromatic rings. The van der Waals surface area contributed by atoms with Gasteiger partial charge in [-0.15, -0.1) is 0 Å². The highest BCUT2D eigenvalue weighted by molar-refractivity contribution is 6.01. The van der Waals surface area contributed by atoms with E-state index in [-0.39, 0.29) is 6.04 Å². The number of nitriles is 1. The van der Waals surface area contributed by atoms with Crippen molar-refractivity contribution in [2.45, 2.75) is 51.7 Å². The molecule has 0 saturated carbocycles. The van der Waals surface area contributed by atoms with E-state index in [0.29, 0.717) is 24.9 Å². The first-order chi connectivity index (χ1) is 14.8. The summed E-state index contributed by atoms with van der Waals surface area (Å²) in [6.45, 7) is 11.0. The van der Waals surface area contributed by atoms with Gasteiger partial charge in [0.1, 0.15) is 35.8 Å². The SMILES string of the molecule is CC(C)N/C(=N\C=N)c1cn2c(n1)-c1ccc(C3CN(C(C)(C)C#N)C3)cc1OCC2. The second kappa shape index (κ2) is 8.16. The average molecular weight is 420 g/mol. The van der Waals surface area contributed by atoms with Crippen LogP contribution in [0, 0.1) is 16.7 Å². The van der Waals surface area contributed by atoms with Gasteiger partial charge < -0.3 is 14.6 Å². The molecule has 162 valence electrons. The van der Waals surface area contributed by atoms with Gasteiger partial charge >= 0.3 is 0 Å². The minimum absolute atomic E-state index is 0.187. The lowest BCUT2D eigenvalue weighted by Crippen LogP contribution is -2.55. The first-order valence-electron chi connectivity index (χ1n) is 10.7. The number of amidine groups is 1. The fraction of sp³-hybridized carbons (Fsp3) is 0.478. The number of nitrogens with zero attached hydrogens (tertiary/aromatic N) is 5. The highest BCUT2D eigenvalue weighted by Gasteiger charge is 2.38. The molecular formula is C23H29N7O. The van der Waals surface area contributed by atoms with Crippen molar-refractivity contribution in [3.05, 3.63) is 35.7 Å². The Bertz CT molecular complexity index is 1050. The van der Waals surface area contributed by atoms with Crippen LogP contribution in [-0.2, 0) is 6.54 Å². The third-order valence-corrected chi connectivity index (χ3v) is 5.89. The van der Waals surface area contributed by atoms with Crippen molar-refractivity contribution in [2.24, 2.45) is 4.99 Å². The predicted molar refractivity (Wildman–Crippen MR) is 121 cm³/mol. The van der Waals surface area contributed by atoms with Gasteiger partial charge in [0.25, 0.3) is 0 Å². The summed E-state index contributed by atoms with van der Waals surface area (Å²) in [5, 5.41) is 20.0. The van der Waals surface area contributed by atoms with E-state index in [1.165, 1.54) is 5.56 Å². The van der Waals surface area contributed by atoms with Gasteiger partial charge in [-0.1, -0.05) is 6.07 Å². The maximum Gasteiger partial charge on any atom is 0.155 e. The van der Waals surface area contributed by atoms with Crippen molar-refractivity contribution < 1.29 is 4.74 Å². The Labute approximate surface area is 183 Å². The number of benzene rings is 1. The van der Waals surface area contributed by atoms with Crippen LogP contribution in [0.3, 0.4) is 0 Å². The molecule has 1 aromatic carbocycles. The van der Waals surface area contributed by atoms with Crippen LogP contribution in [0.5, 0.6) is 5.75 Å². The number of ether oxygens (including phenoxy) is 1. The molecule has 8 heteroatoms. The van der Waals surface area contributed by atoms with E-state index >= 15 is 0 Å². The number of rotatable bonds is 5. The number of nitrogens with one attached hydrogen (secondary N) is 2. The molecule has 2 aliphatic rings. The fourth-order valence-corrected chi connectivity index (χ4v) is 4.00. The Kier molecular flexibility index (Phi) is 5.54. The van der Waals surface area contributed by atoms with Gasteiger partial charge in [-0.05, 0) is 45.4 Å². The quantitative estimate of drug-likeness (QED) is 0.573. The first-order valence-corrected chi connectivity index (χ1v) is 10.7. The number of imidazole rings is 1. The lowest BCUT2D eigenvalue weighted by Gasteiger charge is -2.46. The van der Waals surface area contributed by atoms with Crippen LogP contribution < -0.4 is 10.1 Å². The molecule has 0 aliphatic carbocycles. The molecule has 2 aliphatic heterocycles. The Morgan fingerprint density at radius 2 is 2.19 bits per heavy atom. The standard InChI is InChI=1S/C23H29N7O/c1-15(2)27-21(26-14-25)19-12-29-7-8-31-20-9-16(5-6-18(20)22(29)28-19)17-10-30(11-17)23(3,4)13-24/h5-6,9,12,14-15,17H,7-8,10-11H2,1-4H3,(H2,25,26,27). The predicted octanol–water partition coefficient (Wildman–Crippen LogP) is 3.00. The van der Waals surface area contributed by atoms with Crippen molar-refractivity contribution in [2.75, 3.05) is 19.7 Å². The molecule has 8 nitrogen and oxygen atoms in total. The van der Waals surface area contributed by atoms with Crippen molar-refractivity contribution in [3.63, 3.8) is 0 Å². The highest BCUT2D eigenvalue weighted by Crippen LogP contribution is 2.38. The first kappa shape index (κ1) is 21.1. The summed E-state index contributed by atoms with van der Waals surface area (Å²) >= 11 is 0. The Morgan fingerprint density at radius 1 is 1.42 bits per heavy atom. The van der Waals surface area contributed by atoms with Gasteiger partial charge in [-0.25, -0.2) is 9.98 Å². The lowest BCUT2D eigenvalue weighted by atomic mass is 9.86. The molecule has 0 atom stereocenters. The minimum atomic E-state index is -0.431. The maximum atomic E-state index is 9.35. The van der Waals surface area contributed by atoms with E-state index in [0.717, 1.165) is 42.3 Å². The maximum absolute atomic E-state index is 9.35. The molecule has 0 radical (unpaired) electrons. The second-order valence-corrected chi connectivity index (χ2v) is 8.93. The fourth-order valence-electron chi connectivity index (χ4n) is 4.00. The van der Waals surface area contributed by atoms with Crippen molar-refractivity contribution in [1.29, 1.82) is 10.7 Å². The van der Waals surface area contributed by atoms with Gasteiger partial charge in [0.15, 0.2) is 5.84 Å². The van der Waals surface area contributed by atoms with Crippen LogP contribution in [0.15, 0.2) is 29.4 Å². The van der Waals surface area contributed by atoms with Crippen LogP contribution in [0.1, 0.15) is 44.9 Å². The average Bonchev–Trinajstić information content (AvgIpc) is 3.03. The third-order valence-electron chi connectivity index (χ3n) is 5.89. The van der Waals surface area contributed by atoms with Gasteiger partial charge in [-0.2, -0.15) is 5.26 Å². The molecule has 0 bridgehead atoms. The molecule has 1 aromatic heterocycles. The van der Waals surface area contributed by atoms with E-state index in [1.54, 1.807) is 0 Å². The lowest BCUT2D eigenvalue weighted by molar-refractivity contribution is 0.0696. The minimum Gasteiger partial charge on any atom is -0.491 e. The van der Waals surface area contributed by atoms with Crippen LogP contribution in [0.25, 0.3) is 11.4 Å². The van der Waals surface area contributed by atoms with Gasteiger partial charge in [-0.3, -0.25) is 10.3 Å². The second-order valence-electron chi connectivity index (χ2n) is 8.93. The number of fused-ring (bicyclic) bond motifs is 3. The van der Waals surface area contributed by atoms with Gasteiger partial charge in [0, 0.05) is 31.2 Å². The van der Waals surface area contributed by atoms with Crippen LogP contribution >= 0.6 is 0 Å². The molecular weight excluding hydrogens is 390 g/mol. The largest absolute Gasteiger partial charge is 0.491 e. The monoisotopic (exact) mass is 419 g/mol. The third kappa shape index (κ3) is 4.06. The molecule has 4 rings (SSSR count). The number of hydrogen-bond acceptors (Lipinski definition) is 5. The summed E-state index contributed by atoms with van der Waals surface area (Å²) in [5.41, 5.74) is 2.48. The zero-order valence-electron chi connectivity index (χ0n) is 18.5. The van der Waals surface area contributed by atoms with E-state index in [9.17, 15) is 5.26 Å². The van der Waals surface area contributed by atoms with E-state index in [1.807, 2.05) is 33.9 Å². The molecule has 1 saturated heterocycles.